The van der Waals surface area contributed by atoms with Crippen LogP contribution in [0.3, 0.4) is 0 Å². The zero-order valence-corrected chi connectivity index (χ0v) is 13.1. The smallest absolute Gasteiger partial charge is 0.407 e. The molecule has 0 saturated heterocycles. The van der Waals surface area contributed by atoms with Gasteiger partial charge in [-0.05, 0) is 32.9 Å². The standard InChI is InChI=1S/C15H20N2O5/c1-15(2,3)22-14(18)16-9-5-6-11-7-8-12(21-4)10-13(11)17(19)20/h5-8,10H,9H2,1-4H3,(H,16,18). The Labute approximate surface area is 129 Å². The molecule has 22 heavy (non-hydrogen) atoms. The van der Waals surface area contributed by atoms with Gasteiger partial charge in [0.15, 0.2) is 0 Å². The van der Waals surface area contributed by atoms with E-state index in [9.17, 15) is 14.9 Å². The summed E-state index contributed by atoms with van der Waals surface area (Å²) in [7, 11) is 1.44. The molecule has 120 valence electrons. The second-order valence-corrected chi connectivity index (χ2v) is 5.47. The fraction of sp³-hybridized carbons (Fsp3) is 0.400. The Balaban J connectivity index is 2.67. The van der Waals surface area contributed by atoms with E-state index in [1.165, 1.54) is 13.2 Å². The fourth-order valence-corrected chi connectivity index (χ4v) is 1.59. The lowest BCUT2D eigenvalue weighted by Gasteiger charge is -2.19. The lowest BCUT2D eigenvalue weighted by molar-refractivity contribution is -0.385. The van der Waals surface area contributed by atoms with Crippen LogP contribution in [0.2, 0.25) is 0 Å². The molecule has 0 aliphatic carbocycles. The molecule has 0 aromatic heterocycles. The Kier molecular flexibility index (Phi) is 5.91. The number of nitrogens with one attached hydrogen (secondary N) is 1. The molecule has 0 aliphatic heterocycles. The Morgan fingerprint density at radius 2 is 2.09 bits per heavy atom. The van der Waals surface area contributed by atoms with Crippen molar-refractivity contribution in [3.8, 4) is 5.75 Å². The van der Waals surface area contributed by atoms with E-state index >= 15 is 0 Å². The van der Waals surface area contributed by atoms with Crippen LogP contribution in [0.4, 0.5) is 10.5 Å². The molecular weight excluding hydrogens is 288 g/mol. The van der Waals surface area contributed by atoms with Gasteiger partial charge in [-0.15, -0.1) is 0 Å². The number of ether oxygens (including phenoxy) is 2. The van der Waals surface area contributed by atoms with Crippen LogP contribution in [0.5, 0.6) is 5.75 Å². The molecule has 0 radical (unpaired) electrons. The van der Waals surface area contributed by atoms with Crippen LogP contribution in [-0.4, -0.2) is 30.3 Å². The Morgan fingerprint density at radius 3 is 2.64 bits per heavy atom. The third kappa shape index (κ3) is 5.82. The highest BCUT2D eigenvalue weighted by Crippen LogP contribution is 2.25. The second-order valence-electron chi connectivity index (χ2n) is 5.47. The largest absolute Gasteiger partial charge is 0.497 e. The molecule has 1 rings (SSSR count). The number of amides is 1. The highest BCUT2D eigenvalue weighted by Gasteiger charge is 2.15. The fourth-order valence-electron chi connectivity index (χ4n) is 1.59. The minimum atomic E-state index is -0.567. The second kappa shape index (κ2) is 7.44. The van der Waals surface area contributed by atoms with Crippen LogP contribution >= 0.6 is 0 Å². The molecule has 1 aromatic carbocycles. The van der Waals surface area contributed by atoms with Gasteiger partial charge in [0.25, 0.3) is 5.69 Å². The molecule has 1 aromatic rings. The number of carbonyl (C=O) groups excluding carboxylic acids is 1. The first-order valence-corrected chi connectivity index (χ1v) is 6.69. The number of hydrogen-bond donors (Lipinski definition) is 1. The van der Waals surface area contributed by atoms with E-state index in [1.807, 2.05) is 0 Å². The molecule has 0 fully saturated rings. The topological polar surface area (TPSA) is 90.7 Å². The number of nitro groups is 1. The summed E-state index contributed by atoms with van der Waals surface area (Å²) in [4.78, 5) is 22.0. The van der Waals surface area contributed by atoms with Gasteiger partial charge in [-0.2, -0.15) is 0 Å². The van der Waals surface area contributed by atoms with Crippen molar-refractivity contribution in [1.29, 1.82) is 0 Å². The average Bonchev–Trinajstić information content (AvgIpc) is 2.41. The van der Waals surface area contributed by atoms with Crippen LogP contribution in [0, 0.1) is 10.1 Å². The highest BCUT2D eigenvalue weighted by atomic mass is 16.6. The number of benzene rings is 1. The van der Waals surface area contributed by atoms with Crippen LogP contribution in [0.15, 0.2) is 24.3 Å². The number of hydrogen-bond acceptors (Lipinski definition) is 5. The van der Waals surface area contributed by atoms with Crippen molar-refractivity contribution in [2.24, 2.45) is 0 Å². The third-order valence-electron chi connectivity index (χ3n) is 2.49. The zero-order valence-electron chi connectivity index (χ0n) is 13.1. The Hall–Kier alpha value is -2.57. The van der Waals surface area contributed by atoms with E-state index in [1.54, 1.807) is 45.1 Å². The molecule has 0 saturated carbocycles. The van der Waals surface area contributed by atoms with E-state index in [4.69, 9.17) is 9.47 Å². The van der Waals surface area contributed by atoms with Gasteiger partial charge >= 0.3 is 6.09 Å². The summed E-state index contributed by atoms with van der Waals surface area (Å²) in [5.41, 5.74) is -0.201. The predicted octanol–water partition coefficient (Wildman–Crippen LogP) is 3.14. The van der Waals surface area contributed by atoms with Crippen molar-refractivity contribution in [3.63, 3.8) is 0 Å². The van der Waals surface area contributed by atoms with Gasteiger partial charge in [0, 0.05) is 6.54 Å². The summed E-state index contributed by atoms with van der Waals surface area (Å²) in [5, 5.41) is 13.6. The SMILES string of the molecule is COc1ccc(C=CCNC(=O)OC(C)(C)C)c([N+](=O)[O-])c1. The van der Waals surface area contributed by atoms with Gasteiger partial charge < -0.3 is 14.8 Å². The van der Waals surface area contributed by atoms with E-state index < -0.39 is 16.6 Å². The quantitative estimate of drug-likeness (QED) is 0.666. The molecule has 1 N–H and O–H groups in total. The third-order valence-corrected chi connectivity index (χ3v) is 2.49. The summed E-state index contributed by atoms with van der Waals surface area (Å²) < 4.78 is 10.0. The van der Waals surface area contributed by atoms with E-state index in [-0.39, 0.29) is 12.2 Å². The first-order valence-electron chi connectivity index (χ1n) is 6.69. The zero-order chi connectivity index (χ0) is 16.8. The lowest BCUT2D eigenvalue weighted by Crippen LogP contribution is -2.32. The Morgan fingerprint density at radius 1 is 1.41 bits per heavy atom. The van der Waals surface area contributed by atoms with Crippen molar-refractivity contribution >= 4 is 17.9 Å². The van der Waals surface area contributed by atoms with Crippen molar-refractivity contribution in [3.05, 3.63) is 40.0 Å². The minimum absolute atomic E-state index is 0.0622. The van der Waals surface area contributed by atoms with Gasteiger partial charge in [0.05, 0.1) is 23.7 Å². The van der Waals surface area contributed by atoms with Gasteiger partial charge in [0.1, 0.15) is 11.4 Å². The van der Waals surface area contributed by atoms with Gasteiger partial charge in [-0.1, -0.05) is 12.2 Å². The van der Waals surface area contributed by atoms with Gasteiger partial charge in [-0.3, -0.25) is 10.1 Å². The Bertz CT molecular complexity index is 576. The summed E-state index contributed by atoms with van der Waals surface area (Å²) in [6.45, 7) is 5.51. The first kappa shape index (κ1) is 17.5. The summed E-state index contributed by atoms with van der Waals surface area (Å²) in [6, 6.07) is 4.57. The number of alkyl carbamates (subject to hydrolysis) is 1. The molecule has 7 nitrogen and oxygen atoms in total. The maximum atomic E-state index is 11.4. The average molecular weight is 308 g/mol. The van der Waals surface area contributed by atoms with E-state index in [2.05, 4.69) is 5.32 Å². The van der Waals surface area contributed by atoms with Crippen LogP contribution in [0.1, 0.15) is 26.3 Å². The van der Waals surface area contributed by atoms with Crippen molar-refractivity contribution < 1.29 is 19.2 Å². The van der Waals surface area contributed by atoms with Crippen LogP contribution in [-0.2, 0) is 4.74 Å². The summed E-state index contributed by atoms with van der Waals surface area (Å²) in [5.74, 6) is 0.413. The normalized spacial score (nSPS) is 11.3. The first-order chi connectivity index (χ1) is 10.2. The number of nitro benzene ring substituents is 1. The van der Waals surface area contributed by atoms with Gasteiger partial charge in [0.2, 0.25) is 0 Å². The van der Waals surface area contributed by atoms with Crippen molar-refractivity contribution in [1.82, 2.24) is 5.32 Å². The molecule has 0 bridgehead atoms. The predicted molar refractivity (Wildman–Crippen MR) is 82.9 cm³/mol. The maximum absolute atomic E-state index is 11.4. The van der Waals surface area contributed by atoms with E-state index in [0.717, 1.165) is 0 Å². The molecule has 0 spiro atoms. The molecule has 0 heterocycles. The monoisotopic (exact) mass is 308 g/mol. The lowest BCUT2D eigenvalue weighted by atomic mass is 10.1. The van der Waals surface area contributed by atoms with Crippen molar-refractivity contribution in [2.75, 3.05) is 13.7 Å². The van der Waals surface area contributed by atoms with Gasteiger partial charge in [-0.25, -0.2) is 4.79 Å². The highest BCUT2D eigenvalue weighted by molar-refractivity contribution is 5.68. The van der Waals surface area contributed by atoms with Crippen LogP contribution in [0.25, 0.3) is 6.08 Å². The molecule has 0 aliphatic rings. The number of methoxy groups -OCH3 is 1. The van der Waals surface area contributed by atoms with Crippen LogP contribution < -0.4 is 10.1 Å². The van der Waals surface area contributed by atoms with Crippen molar-refractivity contribution in [2.45, 2.75) is 26.4 Å². The molecule has 0 atom stereocenters. The molecule has 1 amide bonds. The molecule has 0 unspecified atom stereocenters. The molecular formula is C15H20N2O5. The summed E-state index contributed by atoms with van der Waals surface area (Å²) in [6.07, 6.45) is 2.63. The maximum Gasteiger partial charge on any atom is 0.407 e. The molecule has 7 heteroatoms. The number of nitrogens with zero attached hydrogens (tertiary/aromatic N) is 1. The summed E-state index contributed by atoms with van der Waals surface area (Å²) >= 11 is 0. The number of rotatable bonds is 5. The minimum Gasteiger partial charge on any atom is -0.497 e. The number of carbonyl (C=O) groups is 1. The van der Waals surface area contributed by atoms with E-state index in [0.29, 0.717) is 11.3 Å².